The fourth-order valence-corrected chi connectivity index (χ4v) is 5.22. The molecule has 4 aromatic carbocycles. The zero-order chi connectivity index (χ0) is 30.7. The number of rotatable bonds is 14. The van der Waals surface area contributed by atoms with Crippen LogP contribution >= 0.6 is 0 Å². The Morgan fingerprint density at radius 1 is 0.636 bits per heavy atom. The summed E-state index contributed by atoms with van der Waals surface area (Å²) in [4.78, 5) is 0. The highest BCUT2D eigenvalue weighted by Crippen LogP contribution is 2.33. The molecule has 44 heavy (non-hydrogen) atoms. The second-order valence-corrected chi connectivity index (χ2v) is 10.7. The Morgan fingerprint density at radius 2 is 1.23 bits per heavy atom. The fourth-order valence-electron chi connectivity index (χ4n) is 5.22. The Morgan fingerprint density at radius 3 is 1.82 bits per heavy atom. The van der Waals surface area contributed by atoms with Crippen LogP contribution in [0.15, 0.2) is 91.0 Å². The number of piperidine rings is 1. The molecule has 0 bridgehead atoms. The highest BCUT2D eigenvalue weighted by atomic mass is 19.1. The van der Waals surface area contributed by atoms with E-state index in [0.29, 0.717) is 38.7 Å². The lowest BCUT2D eigenvalue weighted by molar-refractivity contribution is -0.0659. The van der Waals surface area contributed by atoms with E-state index in [0.717, 1.165) is 53.9 Å². The molecule has 0 amide bonds. The molecule has 0 saturated carbocycles. The third-order valence-electron chi connectivity index (χ3n) is 7.49. The lowest BCUT2D eigenvalue weighted by Crippen LogP contribution is -2.50. The zero-order valence-electron chi connectivity index (χ0n) is 24.2. The molecule has 1 aliphatic heterocycles. The average Bonchev–Trinajstić information content (AvgIpc) is 3.04. The topological polar surface area (TPSA) is 49.0 Å². The van der Waals surface area contributed by atoms with Crippen LogP contribution in [0.5, 0.6) is 5.75 Å². The second-order valence-electron chi connectivity index (χ2n) is 10.7. The van der Waals surface area contributed by atoms with Gasteiger partial charge in [-0.15, -0.1) is 0 Å². The lowest BCUT2D eigenvalue weighted by Gasteiger charge is -2.39. The standard InChI is InChI=1S/C35H35F4NO4/c36-28-9-13-31(38)26(17-28)22-43-33-19-40-20-34(44-23-27-18-29(37)10-14-32(27)39)35(33)25-7-11-30(12-8-25)42-16-4-15-41-21-24-5-2-1-3-6-24/h1-3,5-14,17-18,33-35,40H,4,15-16,19-23H2/t33-,34+,35-. The van der Waals surface area contributed by atoms with Crippen LogP contribution in [0.4, 0.5) is 17.6 Å². The number of hydrogen-bond donors (Lipinski definition) is 1. The number of nitrogens with one attached hydrogen (secondary N) is 1. The van der Waals surface area contributed by atoms with E-state index in [2.05, 4.69) is 5.32 Å². The smallest absolute Gasteiger partial charge is 0.128 e. The predicted molar refractivity (Wildman–Crippen MR) is 158 cm³/mol. The molecule has 1 fully saturated rings. The van der Waals surface area contributed by atoms with Gasteiger partial charge in [-0.1, -0.05) is 42.5 Å². The molecular weight excluding hydrogens is 574 g/mol. The molecule has 1 aliphatic rings. The molecule has 0 spiro atoms. The Bertz CT molecular complexity index is 1410. The van der Waals surface area contributed by atoms with Crippen LogP contribution < -0.4 is 10.1 Å². The molecule has 4 aromatic rings. The van der Waals surface area contributed by atoms with Crippen LogP contribution in [0.25, 0.3) is 0 Å². The molecule has 232 valence electrons. The van der Waals surface area contributed by atoms with E-state index in [1.807, 2.05) is 54.6 Å². The summed E-state index contributed by atoms with van der Waals surface area (Å²) in [6.07, 6.45) is -0.244. The van der Waals surface area contributed by atoms with Gasteiger partial charge in [0.25, 0.3) is 0 Å². The Balaban J connectivity index is 1.23. The van der Waals surface area contributed by atoms with E-state index < -0.39 is 35.5 Å². The maximum absolute atomic E-state index is 14.3. The van der Waals surface area contributed by atoms with Crippen molar-refractivity contribution < 1.29 is 36.5 Å². The molecule has 5 rings (SSSR count). The lowest BCUT2D eigenvalue weighted by atomic mass is 9.85. The maximum Gasteiger partial charge on any atom is 0.128 e. The molecule has 3 atom stereocenters. The number of hydrogen-bond acceptors (Lipinski definition) is 5. The van der Waals surface area contributed by atoms with Crippen LogP contribution in [0, 0.1) is 23.3 Å². The molecule has 1 N–H and O–H groups in total. The summed E-state index contributed by atoms with van der Waals surface area (Å²) in [5.41, 5.74) is 2.20. The van der Waals surface area contributed by atoms with Crippen molar-refractivity contribution in [3.63, 3.8) is 0 Å². The minimum atomic E-state index is -0.562. The van der Waals surface area contributed by atoms with Crippen molar-refractivity contribution >= 4 is 0 Å². The second kappa shape index (κ2) is 15.8. The normalized spacial score (nSPS) is 18.3. The van der Waals surface area contributed by atoms with Gasteiger partial charge in [0.05, 0.1) is 45.2 Å². The van der Waals surface area contributed by atoms with Gasteiger partial charge in [0.1, 0.15) is 29.0 Å². The fraction of sp³-hybridized carbons (Fsp3) is 0.314. The highest BCUT2D eigenvalue weighted by molar-refractivity contribution is 5.32. The number of halogens is 4. The Hall–Kier alpha value is -3.76. The zero-order valence-corrected chi connectivity index (χ0v) is 24.2. The third kappa shape index (κ3) is 8.89. The van der Waals surface area contributed by atoms with Gasteiger partial charge in [-0.05, 0) is 59.7 Å². The van der Waals surface area contributed by atoms with E-state index >= 15 is 0 Å². The molecule has 5 nitrogen and oxygen atoms in total. The summed E-state index contributed by atoms with van der Waals surface area (Å²) >= 11 is 0. The van der Waals surface area contributed by atoms with E-state index in [1.54, 1.807) is 0 Å². The van der Waals surface area contributed by atoms with Gasteiger partial charge < -0.3 is 24.3 Å². The summed E-state index contributed by atoms with van der Waals surface area (Å²) in [5.74, 6) is -1.89. The van der Waals surface area contributed by atoms with E-state index in [-0.39, 0.29) is 30.3 Å². The minimum Gasteiger partial charge on any atom is -0.494 e. The van der Waals surface area contributed by atoms with Crippen molar-refractivity contribution in [2.24, 2.45) is 0 Å². The van der Waals surface area contributed by atoms with E-state index in [1.165, 1.54) is 0 Å². The van der Waals surface area contributed by atoms with Crippen LogP contribution in [-0.2, 0) is 34.0 Å². The van der Waals surface area contributed by atoms with Crippen LogP contribution in [0.3, 0.4) is 0 Å². The van der Waals surface area contributed by atoms with Gasteiger partial charge >= 0.3 is 0 Å². The predicted octanol–water partition coefficient (Wildman–Crippen LogP) is 7.09. The van der Waals surface area contributed by atoms with Crippen molar-refractivity contribution in [1.29, 1.82) is 0 Å². The van der Waals surface area contributed by atoms with Crippen molar-refractivity contribution in [1.82, 2.24) is 5.32 Å². The molecule has 0 unspecified atom stereocenters. The van der Waals surface area contributed by atoms with Gasteiger partial charge in [0.15, 0.2) is 0 Å². The molecule has 1 heterocycles. The van der Waals surface area contributed by atoms with Gasteiger partial charge in [-0.3, -0.25) is 0 Å². The first-order chi connectivity index (χ1) is 21.5. The molecular formula is C35H35F4NO4. The molecule has 9 heteroatoms. The monoisotopic (exact) mass is 609 g/mol. The van der Waals surface area contributed by atoms with Gasteiger partial charge in [0, 0.05) is 36.6 Å². The van der Waals surface area contributed by atoms with Crippen LogP contribution in [0.2, 0.25) is 0 Å². The quantitative estimate of drug-likeness (QED) is 0.122. The summed E-state index contributed by atoms with van der Waals surface area (Å²) < 4.78 is 80.1. The summed E-state index contributed by atoms with van der Waals surface area (Å²) in [5, 5.41) is 3.25. The van der Waals surface area contributed by atoms with Crippen LogP contribution in [-0.4, -0.2) is 38.5 Å². The molecule has 0 aliphatic carbocycles. The number of benzene rings is 4. The van der Waals surface area contributed by atoms with Gasteiger partial charge in [-0.25, -0.2) is 17.6 Å². The first-order valence-electron chi connectivity index (χ1n) is 14.6. The Kier molecular flexibility index (Phi) is 11.4. The third-order valence-corrected chi connectivity index (χ3v) is 7.49. The van der Waals surface area contributed by atoms with E-state index in [4.69, 9.17) is 18.9 Å². The van der Waals surface area contributed by atoms with Gasteiger partial charge in [0.2, 0.25) is 0 Å². The summed E-state index contributed by atoms with van der Waals surface area (Å²) in [7, 11) is 0. The molecule has 0 aromatic heterocycles. The largest absolute Gasteiger partial charge is 0.494 e. The maximum atomic E-state index is 14.3. The average molecular weight is 610 g/mol. The van der Waals surface area contributed by atoms with Crippen molar-refractivity contribution in [3.05, 3.63) is 137 Å². The first kappa shape index (κ1) is 31.7. The minimum absolute atomic E-state index is 0.102. The van der Waals surface area contributed by atoms with Crippen molar-refractivity contribution in [3.8, 4) is 5.75 Å². The summed E-state index contributed by atoms with van der Waals surface area (Å²) in [6, 6.07) is 24.0. The SMILES string of the molecule is Fc1ccc(F)c(CO[C@H]2CNC[C@@H](OCc3cc(F)ccc3F)[C@H]2c2ccc(OCCCOCc3ccccc3)cc2)c1. The number of ether oxygens (including phenoxy) is 4. The summed E-state index contributed by atoms with van der Waals surface area (Å²) in [6.45, 7) is 2.16. The van der Waals surface area contributed by atoms with Crippen LogP contribution in [0.1, 0.15) is 34.6 Å². The van der Waals surface area contributed by atoms with Crippen molar-refractivity contribution in [2.75, 3.05) is 26.3 Å². The van der Waals surface area contributed by atoms with Gasteiger partial charge in [-0.2, -0.15) is 0 Å². The van der Waals surface area contributed by atoms with Crippen molar-refractivity contribution in [2.45, 2.75) is 44.4 Å². The molecule has 0 radical (unpaired) electrons. The molecule has 1 saturated heterocycles. The van der Waals surface area contributed by atoms with E-state index in [9.17, 15) is 17.6 Å². The first-order valence-corrected chi connectivity index (χ1v) is 14.6. The highest BCUT2D eigenvalue weighted by Gasteiger charge is 2.36. The Labute approximate surface area is 254 Å².